The van der Waals surface area contributed by atoms with Crippen molar-refractivity contribution in [3.8, 4) is 11.5 Å². The van der Waals surface area contributed by atoms with Crippen LogP contribution in [0.3, 0.4) is 0 Å². The lowest BCUT2D eigenvalue weighted by Gasteiger charge is -2.09. The van der Waals surface area contributed by atoms with Gasteiger partial charge in [-0.25, -0.2) is 9.18 Å². The van der Waals surface area contributed by atoms with Gasteiger partial charge in [-0.3, -0.25) is 0 Å². The molecule has 0 heterocycles. The molecule has 0 atom stereocenters. The summed E-state index contributed by atoms with van der Waals surface area (Å²) in [5.41, 5.74) is 10.9. The maximum atomic E-state index is 13.6. The molecule has 0 bridgehead atoms. The summed E-state index contributed by atoms with van der Waals surface area (Å²) in [5, 5.41) is 6.14. The number of hydrogen-bond acceptors (Lipinski definition) is 4. The van der Waals surface area contributed by atoms with Crippen molar-refractivity contribution < 1.29 is 23.8 Å². The molecular weight excluding hydrogens is 315 g/mol. The zero-order chi connectivity index (χ0) is 17.5. The molecule has 0 radical (unpaired) electrons. The number of nitrogens with two attached hydrogens (primary N) is 2. The molecule has 0 saturated heterocycles. The van der Waals surface area contributed by atoms with Gasteiger partial charge in [-0.2, -0.15) is 0 Å². The molecule has 24 heavy (non-hydrogen) atoms. The molecule has 5 N–H and O–H groups in total. The van der Waals surface area contributed by atoms with E-state index in [1.54, 1.807) is 18.2 Å². The first-order valence-corrected chi connectivity index (χ1v) is 6.83. The molecule has 0 saturated carbocycles. The standard InChI is InChI=1S/C16H15FN4O3/c1-23-14-8-10(9-20-21-16(18)19)6-7-13(14)24-15(22)11-4-2-3-5-12(11)17/h2-9H,1H3,(H4,18,19,21)/p+1/b20-9+. The van der Waals surface area contributed by atoms with Crippen molar-refractivity contribution >= 4 is 18.1 Å². The molecule has 0 aliphatic heterocycles. The molecule has 8 heteroatoms. The van der Waals surface area contributed by atoms with E-state index in [4.69, 9.17) is 20.9 Å². The average Bonchev–Trinajstić information content (AvgIpc) is 2.56. The molecule has 0 unspecified atom stereocenters. The number of guanidine groups is 1. The summed E-state index contributed by atoms with van der Waals surface area (Å²) >= 11 is 0. The van der Waals surface area contributed by atoms with Gasteiger partial charge >= 0.3 is 5.97 Å². The fourth-order valence-electron chi connectivity index (χ4n) is 1.82. The van der Waals surface area contributed by atoms with Crippen LogP contribution in [0.4, 0.5) is 4.39 Å². The van der Waals surface area contributed by atoms with Gasteiger partial charge in [0, 0.05) is 10.7 Å². The van der Waals surface area contributed by atoms with Crippen LogP contribution in [0, 0.1) is 5.82 Å². The third kappa shape index (κ3) is 4.29. The number of carbonyl (C=O) groups is 1. The van der Waals surface area contributed by atoms with E-state index in [9.17, 15) is 9.18 Å². The van der Waals surface area contributed by atoms with Crippen LogP contribution < -0.4 is 26.0 Å². The van der Waals surface area contributed by atoms with Gasteiger partial charge in [0.05, 0.1) is 12.7 Å². The SMILES string of the molecule is COc1cc(/C=[NH+]/N=C(N)N)ccc1OC(=O)c1ccccc1F. The van der Waals surface area contributed by atoms with E-state index < -0.39 is 11.8 Å². The molecule has 0 aliphatic carbocycles. The highest BCUT2D eigenvalue weighted by Crippen LogP contribution is 2.28. The topological polar surface area (TPSA) is 114 Å². The summed E-state index contributed by atoms with van der Waals surface area (Å²) in [4.78, 5) is 12.1. The second-order valence-corrected chi connectivity index (χ2v) is 4.59. The van der Waals surface area contributed by atoms with Gasteiger partial charge in [-0.05, 0) is 30.3 Å². The monoisotopic (exact) mass is 331 g/mol. The summed E-state index contributed by atoms with van der Waals surface area (Å²) in [6, 6.07) is 10.3. The largest absolute Gasteiger partial charge is 0.493 e. The quantitative estimate of drug-likeness (QED) is 0.230. The van der Waals surface area contributed by atoms with E-state index in [0.29, 0.717) is 11.3 Å². The van der Waals surface area contributed by atoms with Crippen LogP contribution >= 0.6 is 0 Å². The van der Waals surface area contributed by atoms with Crippen molar-refractivity contribution in [2.75, 3.05) is 7.11 Å². The smallest absolute Gasteiger partial charge is 0.346 e. The summed E-state index contributed by atoms with van der Waals surface area (Å²) in [6.45, 7) is 0. The van der Waals surface area contributed by atoms with Crippen molar-refractivity contribution in [3.63, 3.8) is 0 Å². The third-order valence-corrected chi connectivity index (χ3v) is 2.91. The van der Waals surface area contributed by atoms with Crippen molar-refractivity contribution in [2.24, 2.45) is 16.6 Å². The minimum absolute atomic E-state index is 0.117. The Morgan fingerprint density at radius 3 is 2.62 bits per heavy atom. The normalized spacial score (nSPS) is 10.4. The third-order valence-electron chi connectivity index (χ3n) is 2.91. The number of benzene rings is 2. The lowest BCUT2D eigenvalue weighted by Crippen LogP contribution is -2.63. The van der Waals surface area contributed by atoms with Crippen LogP contribution in [0.1, 0.15) is 15.9 Å². The molecule has 2 aromatic carbocycles. The summed E-state index contributed by atoms with van der Waals surface area (Å²) in [5.74, 6) is -1.15. The maximum absolute atomic E-state index is 13.6. The number of methoxy groups -OCH3 is 1. The minimum Gasteiger partial charge on any atom is -0.493 e. The van der Waals surface area contributed by atoms with E-state index in [-0.39, 0.29) is 17.3 Å². The van der Waals surface area contributed by atoms with Gasteiger partial charge in [0.15, 0.2) is 11.5 Å². The Morgan fingerprint density at radius 2 is 1.96 bits per heavy atom. The Hall–Kier alpha value is -3.42. The molecule has 124 valence electrons. The molecule has 0 amide bonds. The maximum Gasteiger partial charge on any atom is 0.346 e. The lowest BCUT2D eigenvalue weighted by atomic mass is 10.2. The molecule has 2 rings (SSSR count). The average molecular weight is 331 g/mol. The number of nitrogens with zero attached hydrogens (tertiary/aromatic N) is 1. The first-order valence-electron chi connectivity index (χ1n) is 6.83. The van der Waals surface area contributed by atoms with Gasteiger partial charge in [-0.1, -0.05) is 12.1 Å². The summed E-state index contributed by atoms with van der Waals surface area (Å²) in [6.07, 6.45) is 1.52. The van der Waals surface area contributed by atoms with Crippen LogP contribution in [-0.2, 0) is 0 Å². The predicted octanol–water partition coefficient (Wildman–Crippen LogP) is -0.259. The van der Waals surface area contributed by atoms with E-state index in [1.165, 1.54) is 37.6 Å². The second kappa shape index (κ2) is 7.73. The number of carbonyl (C=O) groups excluding carboxylic acids is 1. The Morgan fingerprint density at radius 1 is 1.21 bits per heavy atom. The Bertz CT molecular complexity index is 802. The Kier molecular flexibility index (Phi) is 5.45. The van der Waals surface area contributed by atoms with Crippen LogP contribution in [-0.4, -0.2) is 25.3 Å². The predicted molar refractivity (Wildman–Crippen MR) is 86.3 cm³/mol. The summed E-state index contributed by atoms with van der Waals surface area (Å²) in [7, 11) is 1.42. The highest BCUT2D eigenvalue weighted by Gasteiger charge is 2.16. The molecule has 0 aromatic heterocycles. The Labute approximate surface area is 137 Å². The van der Waals surface area contributed by atoms with Crippen LogP contribution in [0.25, 0.3) is 0 Å². The van der Waals surface area contributed by atoms with Crippen LogP contribution in [0.15, 0.2) is 47.6 Å². The number of ether oxygens (including phenoxy) is 2. The Balaban J connectivity index is 2.22. The van der Waals surface area contributed by atoms with E-state index in [2.05, 4.69) is 10.2 Å². The number of halogens is 1. The van der Waals surface area contributed by atoms with E-state index in [1.807, 2.05) is 0 Å². The first-order chi connectivity index (χ1) is 11.5. The van der Waals surface area contributed by atoms with E-state index >= 15 is 0 Å². The van der Waals surface area contributed by atoms with Crippen molar-refractivity contribution in [3.05, 3.63) is 59.4 Å². The number of rotatable bonds is 5. The minimum atomic E-state index is -0.818. The lowest BCUT2D eigenvalue weighted by molar-refractivity contribution is -0.456. The second-order valence-electron chi connectivity index (χ2n) is 4.59. The number of esters is 1. The summed E-state index contributed by atoms with van der Waals surface area (Å²) < 4.78 is 24.0. The highest BCUT2D eigenvalue weighted by atomic mass is 19.1. The zero-order valence-electron chi connectivity index (χ0n) is 12.8. The molecule has 2 aromatic rings. The van der Waals surface area contributed by atoms with Crippen molar-refractivity contribution in [1.29, 1.82) is 0 Å². The molecule has 7 nitrogen and oxygen atoms in total. The fourth-order valence-corrected chi connectivity index (χ4v) is 1.82. The van der Waals surface area contributed by atoms with Gasteiger partial charge in [0.25, 0.3) is 5.96 Å². The van der Waals surface area contributed by atoms with Gasteiger partial charge in [-0.15, -0.1) is 5.10 Å². The van der Waals surface area contributed by atoms with Crippen molar-refractivity contribution in [2.45, 2.75) is 0 Å². The van der Waals surface area contributed by atoms with Crippen LogP contribution in [0.2, 0.25) is 0 Å². The molecule has 0 spiro atoms. The number of hydrogen-bond donors (Lipinski definition) is 3. The number of hydrazone groups is 1. The van der Waals surface area contributed by atoms with Gasteiger partial charge in [0.1, 0.15) is 5.82 Å². The molecule has 0 aliphatic rings. The first kappa shape index (κ1) is 16.9. The van der Waals surface area contributed by atoms with Gasteiger partial charge in [0.2, 0.25) is 6.21 Å². The van der Waals surface area contributed by atoms with E-state index in [0.717, 1.165) is 0 Å². The molecule has 0 fully saturated rings. The highest BCUT2D eigenvalue weighted by molar-refractivity contribution is 5.91. The number of nitrogens with one attached hydrogen (secondary N) is 1. The fraction of sp³-hybridized carbons (Fsp3) is 0.0625. The van der Waals surface area contributed by atoms with Crippen LogP contribution in [0.5, 0.6) is 11.5 Å². The molecular formula is C16H16FN4O3+. The zero-order valence-corrected chi connectivity index (χ0v) is 12.8. The van der Waals surface area contributed by atoms with Gasteiger partial charge < -0.3 is 20.9 Å². The van der Waals surface area contributed by atoms with Crippen molar-refractivity contribution in [1.82, 2.24) is 0 Å².